The molecule has 28 heavy (non-hydrogen) atoms. The maximum atomic E-state index is 12.6. The van der Waals surface area contributed by atoms with Gasteiger partial charge in [0.1, 0.15) is 11.5 Å². The van der Waals surface area contributed by atoms with Gasteiger partial charge in [-0.1, -0.05) is 0 Å². The molecule has 1 N–H and O–H groups in total. The zero-order valence-electron chi connectivity index (χ0n) is 16.1. The van der Waals surface area contributed by atoms with Crippen LogP contribution in [0.4, 0.5) is 5.95 Å². The van der Waals surface area contributed by atoms with Gasteiger partial charge in [0.2, 0.25) is 5.95 Å². The van der Waals surface area contributed by atoms with Crippen molar-refractivity contribution in [3.63, 3.8) is 0 Å². The van der Waals surface area contributed by atoms with Crippen molar-refractivity contribution in [1.29, 1.82) is 0 Å². The Morgan fingerprint density at radius 2 is 2.14 bits per heavy atom. The molecule has 5 heterocycles. The van der Waals surface area contributed by atoms with E-state index in [-0.39, 0.29) is 17.6 Å². The highest BCUT2D eigenvalue weighted by Gasteiger charge is 2.63. The van der Waals surface area contributed by atoms with Crippen LogP contribution in [-0.2, 0) is 4.74 Å². The average Bonchev–Trinajstić information content (AvgIpc) is 3.34. The summed E-state index contributed by atoms with van der Waals surface area (Å²) >= 11 is 0. The van der Waals surface area contributed by atoms with E-state index in [1.807, 2.05) is 13.0 Å². The summed E-state index contributed by atoms with van der Waals surface area (Å²) in [7, 11) is 0. The lowest BCUT2D eigenvalue weighted by molar-refractivity contribution is 0.0141. The van der Waals surface area contributed by atoms with E-state index in [4.69, 9.17) is 4.74 Å². The van der Waals surface area contributed by atoms with E-state index >= 15 is 0 Å². The maximum Gasteiger partial charge on any atom is 0.270 e. The lowest BCUT2D eigenvalue weighted by atomic mass is 9.73. The van der Waals surface area contributed by atoms with Gasteiger partial charge in [-0.05, 0) is 38.8 Å². The molecule has 0 radical (unpaired) electrons. The number of hydrogen-bond donors (Lipinski definition) is 1. The molecule has 2 bridgehead atoms. The first-order valence-electron chi connectivity index (χ1n) is 9.84. The van der Waals surface area contributed by atoms with Gasteiger partial charge in [0.05, 0.1) is 18.2 Å². The lowest BCUT2D eigenvalue weighted by Crippen LogP contribution is -2.42. The highest BCUT2D eigenvalue weighted by molar-refractivity contribution is 5.92. The molecule has 0 aliphatic carbocycles. The van der Waals surface area contributed by atoms with Gasteiger partial charge >= 0.3 is 0 Å². The van der Waals surface area contributed by atoms with Crippen LogP contribution >= 0.6 is 0 Å². The predicted molar refractivity (Wildman–Crippen MR) is 102 cm³/mol. The molecule has 1 spiro atoms. The Balaban J connectivity index is 1.29. The second-order valence-corrected chi connectivity index (χ2v) is 8.11. The summed E-state index contributed by atoms with van der Waals surface area (Å²) < 4.78 is 6.45. The molecule has 0 aromatic carbocycles. The Hall–Kier alpha value is -2.61. The minimum absolute atomic E-state index is 0.124. The van der Waals surface area contributed by atoms with Crippen molar-refractivity contribution < 1.29 is 9.53 Å². The Labute approximate surface area is 163 Å². The van der Waals surface area contributed by atoms with E-state index in [1.54, 1.807) is 25.4 Å². The zero-order chi connectivity index (χ0) is 19.3. The molecule has 2 aromatic rings. The molecule has 0 unspecified atom stereocenters. The van der Waals surface area contributed by atoms with Crippen LogP contribution in [0.2, 0.25) is 0 Å². The van der Waals surface area contributed by atoms with Crippen molar-refractivity contribution >= 4 is 11.9 Å². The first-order valence-corrected chi connectivity index (χ1v) is 9.84. The fourth-order valence-corrected chi connectivity index (χ4v) is 5.20. The number of rotatable bonds is 4. The highest BCUT2D eigenvalue weighted by Crippen LogP contribution is 2.54. The van der Waals surface area contributed by atoms with Crippen LogP contribution in [0.5, 0.6) is 0 Å². The second-order valence-electron chi connectivity index (χ2n) is 8.11. The lowest BCUT2D eigenvalue weighted by Gasteiger charge is -2.29. The number of amides is 1. The van der Waals surface area contributed by atoms with Crippen molar-refractivity contribution in [1.82, 2.24) is 25.3 Å². The van der Waals surface area contributed by atoms with Crippen molar-refractivity contribution in [2.45, 2.75) is 38.4 Å². The minimum atomic E-state index is -0.147. The van der Waals surface area contributed by atoms with Gasteiger partial charge in [0.25, 0.3) is 5.91 Å². The molecule has 1 amide bonds. The van der Waals surface area contributed by atoms with Crippen LogP contribution in [-0.4, -0.2) is 57.2 Å². The molecule has 8 heteroatoms. The summed E-state index contributed by atoms with van der Waals surface area (Å²) in [6, 6.07) is 3.56. The van der Waals surface area contributed by atoms with Crippen LogP contribution in [0, 0.1) is 25.7 Å². The molecule has 3 aliphatic rings. The summed E-state index contributed by atoms with van der Waals surface area (Å²) in [4.78, 5) is 32.1. The third kappa shape index (κ3) is 2.83. The van der Waals surface area contributed by atoms with E-state index < -0.39 is 0 Å². The van der Waals surface area contributed by atoms with Gasteiger partial charge in [-0.2, -0.15) is 0 Å². The Kier molecular flexibility index (Phi) is 4.04. The molecular weight excluding hydrogens is 356 g/mol. The topological polar surface area (TPSA) is 93.1 Å². The van der Waals surface area contributed by atoms with Crippen LogP contribution in [0.15, 0.2) is 24.5 Å². The number of carbonyl (C=O) groups is 1. The SMILES string of the molecule is Cc1cc(C(=O)NC[C@H]2[C@H]3CN(c4ncccn4)C[C@]34CC[C@H]2O4)nc(C)n1. The molecular formula is C20H24N6O2. The number of aromatic nitrogens is 4. The molecule has 146 valence electrons. The Morgan fingerprint density at radius 3 is 2.93 bits per heavy atom. The molecule has 8 nitrogen and oxygen atoms in total. The van der Waals surface area contributed by atoms with E-state index in [2.05, 4.69) is 30.2 Å². The Bertz CT molecular complexity index is 887. The van der Waals surface area contributed by atoms with Crippen molar-refractivity contribution in [2.24, 2.45) is 11.8 Å². The highest BCUT2D eigenvalue weighted by atomic mass is 16.5. The minimum Gasteiger partial charge on any atom is -0.369 e. The molecule has 5 rings (SSSR count). The summed E-state index contributed by atoms with van der Waals surface area (Å²) in [5.41, 5.74) is 1.10. The van der Waals surface area contributed by atoms with Gasteiger partial charge in [-0.25, -0.2) is 19.9 Å². The van der Waals surface area contributed by atoms with Crippen molar-refractivity contribution in [3.8, 4) is 0 Å². The smallest absolute Gasteiger partial charge is 0.270 e. The van der Waals surface area contributed by atoms with Gasteiger partial charge in [0, 0.05) is 43.0 Å². The summed E-state index contributed by atoms with van der Waals surface area (Å²) in [5, 5.41) is 3.09. The number of ether oxygens (including phenoxy) is 1. The second kappa shape index (κ2) is 6.48. The zero-order valence-corrected chi connectivity index (χ0v) is 16.1. The van der Waals surface area contributed by atoms with Gasteiger partial charge in [0.15, 0.2) is 0 Å². The summed E-state index contributed by atoms with van der Waals surface area (Å²) in [6.45, 7) is 5.97. The van der Waals surface area contributed by atoms with Crippen molar-refractivity contribution in [3.05, 3.63) is 41.7 Å². The van der Waals surface area contributed by atoms with Gasteiger partial charge in [-0.3, -0.25) is 4.79 Å². The van der Waals surface area contributed by atoms with E-state index in [0.717, 1.165) is 37.6 Å². The number of carbonyl (C=O) groups excluding carboxylic acids is 1. The fourth-order valence-electron chi connectivity index (χ4n) is 5.20. The number of nitrogens with zero attached hydrogens (tertiary/aromatic N) is 5. The quantitative estimate of drug-likeness (QED) is 0.854. The van der Waals surface area contributed by atoms with Gasteiger partial charge < -0.3 is 15.0 Å². The third-order valence-corrected chi connectivity index (χ3v) is 6.32. The van der Waals surface area contributed by atoms with Crippen molar-refractivity contribution in [2.75, 3.05) is 24.5 Å². The largest absolute Gasteiger partial charge is 0.369 e. The summed E-state index contributed by atoms with van der Waals surface area (Å²) in [6.07, 6.45) is 5.89. The normalized spacial score (nSPS) is 30.5. The number of fused-ring (bicyclic) bond motifs is 1. The number of anilines is 1. The van der Waals surface area contributed by atoms with Crippen LogP contribution in [0.3, 0.4) is 0 Å². The third-order valence-electron chi connectivity index (χ3n) is 6.32. The summed E-state index contributed by atoms with van der Waals surface area (Å²) in [5.74, 6) is 1.90. The van der Waals surface area contributed by atoms with Crippen LogP contribution < -0.4 is 10.2 Å². The number of hydrogen-bond acceptors (Lipinski definition) is 7. The van der Waals surface area contributed by atoms with Gasteiger partial charge in [-0.15, -0.1) is 0 Å². The maximum absolute atomic E-state index is 12.6. The molecule has 3 fully saturated rings. The molecule has 3 saturated heterocycles. The monoisotopic (exact) mass is 380 g/mol. The van der Waals surface area contributed by atoms with Crippen LogP contribution in [0.1, 0.15) is 34.8 Å². The fraction of sp³-hybridized carbons (Fsp3) is 0.550. The van der Waals surface area contributed by atoms with E-state index in [0.29, 0.717) is 29.9 Å². The molecule has 2 aromatic heterocycles. The first-order chi connectivity index (χ1) is 13.5. The number of nitrogens with one attached hydrogen (secondary N) is 1. The number of aryl methyl sites for hydroxylation is 2. The average molecular weight is 380 g/mol. The molecule has 3 aliphatic heterocycles. The first kappa shape index (κ1) is 17.5. The van der Waals surface area contributed by atoms with Crippen LogP contribution in [0.25, 0.3) is 0 Å². The molecule has 0 saturated carbocycles. The molecule has 4 atom stereocenters. The Morgan fingerprint density at radius 1 is 1.32 bits per heavy atom. The standard InChI is InChI=1S/C20H24N6O2/c1-12-8-16(25-13(2)24-12)18(27)23-9-14-15-10-26(19-21-6-3-7-22-19)11-20(15)5-4-17(14)28-20/h3,6-8,14-15,17H,4-5,9-11H2,1-2H3,(H,23,27)/t14-,15+,17+,20+/m0/s1. The van der Waals surface area contributed by atoms with E-state index in [1.165, 1.54) is 0 Å². The van der Waals surface area contributed by atoms with E-state index in [9.17, 15) is 4.79 Å². The predicted octanol–water partition coefficient (Wildman–Crippen LogP) is 1.30.